The van der Waals surface area contributed by atoms with Crippen LogP contribution in [0.5, 0.6) is 0 Å². The highest BCUT2D eigenvalue weighted by molar-refractivity contribution is 5.47. The summed E-state index contributed by atoms with van der Waals surface area (Å²) in [6, 6.07) is 8.00. The second kappa shape index (κ2) is 3.42. The van der Waals surface area contributed by atoms with Gasteiger partial charge in [0.1, 0.15) is 0 Å². The van der Waals surface area contributed by atoms with Gasteiger partial charge in [0, 0.05) is 5.69 Å². The lowest BCUT2D eigenvalue weighted by molar-refractivity contribution is 0.959. The standard InChI is InChI=1S/C10H14N/c1-8(2)7-9-5-3-4-6-10(9)11/h3-6H,7,11H2,1-2H3. The first-order valence-electron chi connectivity index (χ1n) is 3.82. The molecule has 0 amide bonds. The Labute approximate surface area is 68.2 Å². The highest BCUT2D eigenvalue weighted by Gasteiger charge is 1.99. The first-order valence-corrected chi connectivity index (χ1v) is 3.82. The van der Waals surface area contributed by atoms with Gasteiger partial charge < -0.3 is 5.73 Å². The van der Waals surface area contributed by atoms with E-state index in [0.29, 0.717) is 0 Å². The highest BCUT2D eigenvalue weighted by atomic mass is 14.6. The lowest BCUT2D eigenvalue weighted by Crippen LogP contribution is -1.97. The van der Waals surface area contributed by atoms with Crippen LogP contribution in [0, 0.1) is 5.92 Å². The average molecular weight is 148 g/mol. The molecule has 2 N–H and O–H groups in total. The average Bonchev–Trinajstić information content (AvgIpc) is 1.93. The van der Waals surface area contributed by atoms with Gasteiger partial charge in [-0.1, -0.05) is 32.0 Å². The molecule has 0 atom stereocenters. The molecular weight excluding hydrogens is 134 g/mol. The van der Waals surface area contributed by atoms with Crippen LogP contribution in [-0.2, 0) is 6.42 Å². The van der Waals surface area contributed by atoms with Crippen LogP contribution in [0.2, 0.25) is 0 Å². The zero-order valence-corrected chi connectivity index (χ0v) is 7.09. The summed E-state index contributed by atoms with van der Waals surface area (Å²) < 4.78 is 0. The Bertz CT molecular complexity index is 228. The zero-order valence-electron chi connectivity index (χ0n) is 7.09. The van der Waals surface area contributed by atoms with Crippen molar-refractivity contribution >= 4 is 5.69 Å². The topological polar surface area (TPSA) is 26.0 Å². The van der Waals surface area contributed by atoms with E-state index in [-0.39, 0.29) is 0 Å². The summed E-state index contributed by atoms with van der Waals surface area (Å²) in [7, 11) is 0. The predicted octanol–water partition coefficient (Wildman–Crippen LogP) is 2.43. The van der Waals surface area contributed by atoms with E-state index < -0.39 is 0 Å². The molecule has 0 aliphatic rings. The smallest absolute Gasteiger partial charge is 0.0346 e. The van der Waals surface area contributed by atoms with Gasteiger partial charge in [0.15, 0.2) is 0 Å². The molecule has 0 aliphatic carbocycles. The number of para-hydroxylation sites is 1. The lowest BCUT2D eigenvalue weighted by atomic mass is 10.0. The Hall–Kier alpha value is -0.980. The van der Waals surface area contributed by atoms with Crippen molar-refractivity contribution in [1.82, 2.24) is 0 Å². The number of anilines is 1. The highest BCUT2D eigenvalue weighted by Crippen LogP contribution is 2.15. The molecule has 1 radical (unpaired) electrons. The number of hydrogen-bond acceptors (Lipinski definition) is 1. The van der Waals surface area contributed by atoms with Crippen molar-refractivity contribution in [1.29, 1.82) is 0 Å². The maximum absolute atomic E-state index is 5.76. The summed E-state index contributed by atoms with van der Waals surface area (Å²) in [5.74, 6) is 1.39. The van der Waals surface area contributed by atoms with Crippen molar-refractivity contribution < 1.29 is 0 Å². The van der Waals surface area contributed by atoms with Gasteiger partial charge in [-0.25, -0.2) is 0 Å². The van der Waals surface area contributed by atoms with Crippen molar-refractivity contribution in [3.8, 4) is 0 Å². The molecule has 1 nitrogen and oxygen atoms in total. The van der Waals surface area contributed by atoms with Crippen molar-refractivity contribution in [3.05, 3.63) is 35.7 Å². The first kappa shape index (κ1) is 8.12. The summed E-state index contributed by atoms with van der Waals surface area (Å²) in [6.07, 6.45) is 0.993. The van der Waals surface area contributed by atoms with Crippen LogP contribution in [0.1, 0.15) is 19.4 Å². The number of rotatable bonds is 2. The van der Waals surface area contributed by atoms with Crippen LogP contribution in [0.4, 0.5) is 5.69 Å². The van der Waals surface area contributed by atoms with E-state index in [4.69, 9.17) is 5.73 Å². The Morgan fingerprint density at radius 1 is 1.27 bits per heavy atom. The molecule has 0 unspecified atom stereocenters. The third kappa shape index (κ3) is 2.26. The van der Waals surface area contributed by atoms with Crippen LogP contribution in [-0.4, -0.2) is 0 Å². The van der Waals surface area contributed by atoms with Gasteiger partial charge in [0.05, 0.1) is 0 Å². The third-order valence-corrected chi connectivity index (χ3v) is 1.60. The number of nitrogen functional groups attached to an aromatic ring is 1. The zero-order chi connectivity index (χ0) is 8.27. The van der Waals surface area contributed by atoms with Crippen molar-refractivity contribution in [3.63, 3.8) is 0 Å². The summed E-state index contributed by atoms with van der Waals surface area (Å²) in [4.78, 5) is 0. The molecule has 1 rings (SSSR count). The van der Waals surface area contributed by atoms with Gasteiger partial charge in [0.25, 0.3) is 0 Å². The maximum Gasteiger partial charge on any atom is 0.0346 e. The molecule has 1 aromatic carbocycles. The van der Waals surface area contributed by atoms with Gasteiger partial charge in [-0.05, 0) is 24.0 Å². The van der Waals surface area contributed by atoms with Gasteiger partial charge in [-0.3, -0.25) is 0 Å². The van der Waals surface area contributed by atoms with Crippen molar-refractivity contribution in [2.24, 2.45) is 0 Å². The minimum atomic E-state index is 0.897. The minimum Gasteiger partial charge on any atom is -0.399 e. The molecule has 1 aromatic rings. The lowest BCUT2D eigenvalue weighted by Gasteiger charge is -2.06. The molecular formula is C10H14N. The SMILES string of the molecule is C[C](C)Cc1ccccc1N. The molecule has 1 heteroatoms. The van der Waals surface area contributed by atoms with E-state index in [9.17, 15) is 0 Å². The molecule has 0 fully saturated rings. The van der Waals surface area contributed by atoms with Gasteiger partial charge in [0.2, 0.25) is 0 Å². The van der Waals surface area contributed by atoms with Gasteiger partial charge in [-0.2, -0.15) is 0 Å². The van der Waals surface area contributed by atoms with Gasteiger partial charge >= 0.3 is 0 Å². The summed E-state index contributed by atoms with van der Waals surface area (Å²) >= 11 is 0. The molecule has 0 aromatic heterocycles. The van der Waals surface area contributed by atoms with E-state index in [1.54, 1.807) is 0 Å². The van der Waals surface area contributed by atoms with E-state index in [1.807, 2.05) is 18.2 Å². The fourth-order valence-corrected chi connectivity index (χ4v) is 1.08. The monoisotopic (exact) mass is 148 g/mol. The molecule has 59 valence electrons. The maximum atomic E-state index is 5.76. The van der Waals surface area contributed by atoms with E-state index in [2.05, 4.69) is 19.9 Å². The fraction of sp³-hybridized carbons (Fsp3) is 0.300. The van der Waals surface area contributed by atoms with Crippen molar-refractivity contribution in [2.45, 2.75) is 20.3 Å². The third-order valence-electron chi connectivity index (χ3n) is 1.60. The normalized spacial score (nSPS) is 10.5. The first-order chi connectivity index (χ1) is 5.20. The Kier molecular flexibility index (Phi) is 2.53. The molecule has 0 heterocycles. The molecule has 0 bridgehead atoms. The fourth-order valence-electron chi connectivity index (χ4n) is 1.08. The van der Waals surface area contributed by atoms with Crippen LogP contribution in [0.3, 0.4) is 0 Å². The molecule has 0 saturated carbocycles. The molecule has 11 heavy (non-hydrogen) atoms. The Balaban J connectivity index is 2.78. The van der Waals surface area contributed by atoms with Crippen LogP contribution in [0.25, 0.3) is 0 Å². The number of nitrogens with two attached hydrogens (primary N) is 1. The minimum absolute atomic E-state index is 0.897. The van der Waals surface area contributed by atoms with E-state index >= 15 is 0 Å². The summed E-state index contributed by atoms with van der Waals surface area (Å²) in [5, 5.41) is 0. The largest absolute Gasteiger partial charge is 0.399 e. The molecule has 0 spiro atoms. The van der Waals surface area contributed by atoms with Crippen molar-refractivity contribution in [2.75, 3.05) is 5.73 Å². The Morgan fingerprint density at radius 2 is 1.91 bits per heavy atom. The second-order valence-electron chi connectivity index (χ2n) is 3.08. The molecule has 0 saturated heterocycles. The quantitative estimate of drug-likeness (QED) is 0.640. The molecule has 0 aliphatic heterocycles. The number of hydrogen-bond donors (Lipinski definition) is 1. The van der Waals surface area contributed by atoms with Crippen LogP contribution >= 0.6 is 0 Å². The van der Waals surface area contributed by atoms with Crippen LogP contribution in [0.15, 0.2) is 24.3 Å². The van der Waals surface area contributed by atoms with E-state index in [1.165, 1.54) is 11.5 Å². The Morgan fingerprint density at radius 3 is 2.45 bits per heavy atom. The second-order valence-corrected chi connectivity index (χ2v) is 3.08. The van der Waals surface area contributed by atoms with Gasteiger partial charge in [-0.15, -0.1) is 0 Å². The predicted molar refractivity (Wildman–Crippen MR) is 49.1 cm³/mol. The summed E-state index contributed by atoms with van der Waals surface area (Å²) in [6.45, 7) is 4.24. The number of benzene rings is 1. The summed E-state index contributed by atoms with van der Waals surface area (Å²) in [5.41, 5.74) is 7.88. The van der Waals surface area contributed by atoms with E-state index in [0.717, 1.165) is 12.1 Å². The van der Waals surface area contributed by atoms with Crippen LogP contribution < -0.4 is 5.73 Å².